The van der Waals surface area contributed by atoms with Crippen LogP contribution >= 0.6 is 0 Å². The van der Waals surface area contributed by atoms with Gasteiger partial charge >= 0.3 is 6.09 Å². The van der Waals surface area contributed by atoms with Gasteiger partial charge in [-0.3, -0.25) is 4.79 Å². The highest BCUT2D eigenvalue weighted by atomic mass is 16.5. The number of hydrogen-bond acceptors (Lipinski definition) is 3. The van der Waals surface area contributed by atoms with Crippen LogP contribution in [0.25, 0.3) is 0 Å². The predicted octanol–water partition coefficient (Wildman–Crippen LogP) is 2.73. The molecule has 23 heavy (non-hydrogen) atoms. The standard InChI is InChI=1S/C18H24N2O3/c1-3-14(2)16(17(21)20-11-7-8-12-20)19-18(22)23-13-15-9-5-4-6-10-15/h3-6,9-10,14,16H,1,7-8,11-13H2,2H3,(H,19,22)/t14-,16+/m0/s1. The van der Waals surface area contributed by atoms with Crippen molar-refractivity contribution >= 4 is 12.0 Å². The van der Waals surface area contributed by atoms with Crippen molar-refractivity contribution in [3.8, 4) is 0 Å². The van der Waals surface area contributed by atoms with Gasteiger partial charge in [-0.05, 0) is 18.4 Å². The molecule has 5 nitrogen and oxygen atoms in total. The van der Waals surface area contributed by atoms with E-state index < -0.39 is 12.1 Å². The molecular weight excluding hydrogens is 292 g/mol. The Morgan fingerprint density at radius 2 is 1.96 bits per heavy atom. The fourth-order valence-corrected chi connectivity index (χ4v) is 2.58. The van der Waals surface area contributed by atoms with Gasteiger partial charge in [0.15, 0.2) is 0 Å². The number of carbonyl (C=O) groups excluding carboxylic acids is 2. The van der Waals surface area contributed by atoms with Crippen LogP contribution in [0.15, 0.2) is 43.0 Å². The number of alkyl carbamates (subject to hydrolysis) is 1. The summed E-state index contributed by atoms with van der Waals surface area (Å²) in [5, 5.41) is 2.69. The Bertz CT molecular complexity index is 538. The largest absolute Gasteiger partial charge is 0.445 e. The second kappa shape index (κ2) is 8.36. The van der Waals surface area contributed by atoms with E-state index >= 15 is 0 Å². The van der Waals surface area contributed by atoms with Gasteiger partial charge in [-0.25, -0.2) is 4.79 Å². The molecule has 1 N–H and O–H groups in total. The summed E-state index contributed by atoms with van der Waals surface area (Å²) in [6.45, 7) is 7.27. The molecule has 1 heterocycles. The summed E-state index contributed by atoms with van der Waals surface area (Å²) >= 11 is 0. The summed E-state index contributed by atoms with van der Waals surface area (Å²) in [5.74, 6) is -0.223. The van der Waals surface area contributed by atoms with Crippen LogP contribution in [-0.4, -0.2) is 36.0 Å². The monoisotopic (exact) mass is 316 g/mol. The van der Waals surface area contributed by atoms with E-state index in [1.165, 1.54) is 0 Å². The lowest BCUT2D eigenvalue weighted by Gasteiger charge is -2.26. The number of rotatable bonds is 6. The van der Waals surface area contributed by atoms with Crippen LogP contribution in [0.2, 0.25) is 0 Å². The normalized spacial score (nSPS) is 16.5. The minimum atomic E-state index is -0.631. The lowest BCUT2D eigenvalue weighted by molar-refractivity contribution is -0.133. The maximum Gasteiger partial charge on any atom is 0.408 e. The molecule has 1 fully saturated rings. The highest BCUT2D eigenvalue weighted by Gasteiger charge is 2.31. The maximum absolute atomic E-state index is 12.6. The van der Waals surface area contributed by atoms with Crippen LogP contribution in [0, 0.1) is 5.92 Å². The summed E-state index contributed by atoms with van der Waals surface area (Å²) in [4.78, 5) is 26.4. The molecule has 1 saturated heterocycles. The number of nitrogens with one attached hydrogen (secondary N) is 1. The molecule has 2 atom stereocenters. The third kappa shape index (κ3) is 4.84. The number of ether oxygens (including phenoxy) is 1. The minimum absolute atomic E-state index is 0.0634. The zero-order valence-corrected chi connectivity index (χ0v) is 13.5. The summed E-state index contributed by atoms with van der Waals surface area (Å²) in [6, 6.07) is 8.81. The van der Waals surface area contributed by atoms with Crippen LogP contribution in [-0.2, 0) is 16.1 Å². The second-order valence-corrected chi connectivity index (χ2v) is 5.81. The fraction of sp³-hybridized carbons (Fsp3) is 0.444. The van der Waals surface area contributed by atoms with Crippen LogP contribution in [0.4, 0.5) is 4.79 Å². The Kier molecular flexibility index (Phi) is 6.20. The first-order valence-electron chi connectivity index (χ1n) is 8.00. The molecule has 2 amide bonds. The van der Waals surface area contributed by atoms with Gasteiger partial charge in [0.05, 0.1) is 0 Å². The molecule has 0 aliphatic carbocycles. The number of likely N-dealkylation sites (tertiary alicyclic amines) is 1. The third-order valence-electron chi connectivity index (χ3n) is 4.07. The number of hydrogen-bond donors (Lipinski definition) is 1. The molecule has 0 unspecified atom stereocenters. The molecule has 1 aliphatic heterocycles. The van der Waals surface area contributed by atoms with Crippen molar-refractivity contribution in [3.05, 3.63) is 48.6 Å². The average molecular weight is 316 g/mol. The zero-order chi connectivity index (χ0) is 16.7. The van der Waals surface area contributed by atoms with Gasteiger partial charge in [0.25, 0.3) is 0 Å². The van der Waals surface area contributed by atoms with Gasteiger partial charge in [0.2, 0.25) is 5.91 Å². The average Bonchev–Trinajstić information content (AvgIpc) is 3.12. The van der Waals surface area contributed by atoms with Crippen molar-refractivity contribution in [3.63, 3.8) is 0 Å². The first-order chi connectivity index (χ1) is 11.1. The van der Waals surface area contributed by atoms with E-state index in [1.54, 1.807) is 11.0 Å². The fourth-order valence-electron chi connectivity index (χ4n) is 2.58. The van der Waals surface area contributed by atoms with Crippen LogP contribution in [0.1, 0.15) is 25.3 Å². The van der Waals surface area contributed by atoms with E-state index in [0.29, 0.717) is 0 Å². The van der Waals surface area contributed by atoms with Gasteiger partial charge in [0, 0.05) is 19.0 Å². The Hall–Kier alpha value is -2.30. The van der Waals surface area contributed by atoms with Crippen molar-refractivity contribution in [1.29, 1.82) is 0 Å². The van der Waals surface area contributed by atoms with E-state index in [4.69, 9.17) is 4.74 Å². The summed E-state index contributed by atoms with van der Waals surface area (Å²) in [6.07, 6.45) is 3.12. The Morgan fingerprint density at radius 1 is 1.30 bits per heavy atom. The molecule has 1 aliphatic rings. The summed E-state index contributed by atoms with van der Waals surface area (Å²) in [5.41, 5.74) is 0.904. The Balaban J connectivity index is 1.92. The number of carbonyl (C=O) groups is 2. The van der Waals surface area contributed by atoms with Gasteiger partial charge in [-0.15, -0.1) is 6.58 Å². The van der Waals surface area contributed by atoms with Gasteiger partial charge in [-0.1, -0.05) is 43.3 Å². The van der Waals surface area contributed by atoms with Crippen molar-refractivity contribution in [2.24, 2.45) is 5.92 Å². The lowest BCUT2D eigenvalue weighted by Crippen LogP contribution is -2.50. The predicted molar refractivity (Wildman–Crippen MR) is 88.7 cm³/mol. The SMILES string of the molecule is C=C[C@H](C)[C@@H](NC(=O)OCc1ccccc1)C(=O)N1CCCC1. The summed E-state index contributed by atoms with van der Waals surface area (Å²) < 4.78 is 5.21. The number of amides is 2. The second-order valence-electron chi connectivity index (χ2n) is 5.81. The molecule has 1 aromatic carbocycles. The van der Waals surface area contributed by atoms with Crippen molar-refractivity contribution in [1.82, 2.24) is 10.2 Å². The molecule has 0 bridgehead atoms. The van der Waals surface area contributed by atoms with Gasteiger partial charge in [0.1, 0.15) is 12.6 Å². The molecule has 1 aromatic rings. The molecule has 0 aromatic heterocycles. The highest BCUT2D eigenvalue weighted by molar-refractivity contribution is 5.86. The summed E-state index contributed by atoms with van der Waals surface area (Å²) in [7, 11) is 0. The van der Waals surface area contributed by atoms with E-state index in [-0.39, 0.29) is 18.4 Å². The highest BCUT2D eigenvalue weighted by Crippen LogP contribution is 2.14. The van der Waals surface area contributed by atoms with E-state index in [1.807, 2.05) is 37.3 Å². The Morgan fingerprint density at radius 3 is 2.57 bits per heavy atom. The van der Waals surface area contributed by atoms with Gasteiger partial charge in [-0.2, -0.15) is 0 Å². The number of nitrogens with zero attached hydrogens (tertiary/aromatic N) is 1. The van der Waals surface area contributed by atoms with Gasteiger partial charge < -0.3 is 15.0 Å². The number of benzene rings is 1. The molecule has 0 radical (unpaired) electrons. The molecule has 5 heteroatoms. The molecule has 0 saturated carbocycles. The Labute approximate surface area is 137 Å². The zero-order valence-electron chi connectivity index (χ0n) is 13.5. The molecule has 2 rings (SSSR count). The molecule has 0 spiro atoms. The van der Waals surface area contributed by atoms with E-state index in [2.05, 4.69) is 11.9 Å². The first-order valence-corrected chi connectivity index (χ1v) is 8.00. The molecule has 124 valence electrons. The van der Waals surface area contributed by atoms with E-state index in [9.17, 15) is 9.59 Å². The van der Waals surface area contributed by atoms with Crippen LogP contribution in [0.3, 0.4) is 0 Å². The smallest absolute Gasteiger partial charge is 0.408 e. The van der Waals surface area contributed by atoms with Crippen molar-refractivity contribution in [2.75, 3.05) is 13.1 Å². The maximum atomic E-state index is 12.6. The first kappa shape index (κ1) is 17.1. The van der Waals surface area contributed by atoms with Crippen molar-refractivity contribution < 1.29 is 14.3 Å². The van der Waals surface area contributed by atoms with Crippen LogP contribution in [0.5, 0.6) is 0 Å². The topological polar surface area (TPSA) is 58.6 Å². The van der Waals surface area contributed by atoms with E-state index in [0.717, 1.165) is 31.5 Å². The van der Waals surface area contributed by atoms with Crippen LogP contribution < -0.4 is 5.32 Å². The quantitative estimate of drug-likeness (QED) is 0.821. The lowest BCUT2D eigenvalue weighted by atomic mass is 10.0. The third-order valence-corrected chi connectivity index (χ3v) is 4.07. The molecular formula is C18H24N2O3. The minimum Gasteiger partial charge on any atom is -0.445 e. The van der Waals surface area contributed by atoms with Crippen molar-refractivity contribution in [2.45, 2.75) is 32.4 Å².